The number of carbonyl (C=O) groups excluding carboxylic acids is 2. The Kier molecular flexibility index (Phi) is 5.87. The summed E-state index contributed by atoms with van der Waals surface area (Å²) in [6.07, 6.45) is 4.09. The maximum atomic E-state index is 12.0. The molecule has 1 heterocycles. The highest BCUT2D eigenvalue weighted by Gasteiger charge is 2.18. The van der Waals surface area contributed by atoms with E-state index in [-0.39, 0.29) is 24.8 Å². The maximum absolute atomic E-state index is 12.0. The van der Waals surface area contributed by atoms with Crippen LogP contribution in [-0.2, 0) is 10.0 Å². The van der Waals surface area contributed by atoms with Crippen LogP contribution in [0.5, 0.6) is 0 Å². The molecule has 7 nitrogen and oxygen atoms in total. The summed E-state index contributed by atoms with van der Waals surface area (Å²) < 4.78 is 25.2. The summed E-state index contributed by atoms with van der Waals surface area (Å²) in [5, 5.41) is 2.66. The van der Waals surface area contributed by atoms with Crippen molar-refractivity contribution in [2.75, 3.05) is 23.7 Å². The van der Waals surface area contributed by atoms with Gasteiger partial charge in [0.25, 0.3) is 5.91 Å². The first-order valence-electron chi connectivity index (χ1n) is 7.56. The van der Waals surface area contributed by atoms with Crippen LogP contribution in [0.25, 0.3) is 0 Å². The first-order valence-corrected chi connectivity index (χ1v) is 9.41. The molecular weight excluding hydrogens is 342 g/mol. The van der Waals surface area contributed by atoms with Gasteiger partial charge in [-0.15, -0.1) is 0 Å². The molecule has 1 N–H and O–H groups in total. The van der Waals surface area contributed by atoms with Gasteiger partial charge in [0.2, 0.25) is 10.0 Å². The molecule has 0 spiro atoms. The zero-order valence-corrected chi connectivity index (χ0v) is 14.8. The molecule has 2 aromatic rings. The molecule has 0 aliphatic rings. The molecule has 0 aliphatic carbocycles. The smallest absolute Gasteiger partial charge is 0.252 e. The summed E-state index contributed by atoms with van der Waals surface area (Å²) in [6.45, 7) is 1.65. The van der Waals surface area contributed by atoms with E-state index in [1.807, 2.05) is 0 Å². The zero-order chi connectivity index (χ0) is 18.4. The number of anilines is 1. The molecule has 0 saturated carbocycles. The number of aromatic nitrogens is 1. The Morgan fingerprint density at radius 2 is 1.80 bits per heavy atom. The number of rotatable bonds is 7. The Hall–Kier alpha value is -2.74. The molecule has 0 saturated heterocycles. The Bertz CT molecular complexity index is 849. The summed E-state index contributed by atoms with van der Waals surface area (Å²) in [5.74, 6) is -0.422. The minimum atomic E-state index is -3.53. The quantitative estimate of drug-likeness (QED) is 0.754. The van der Waals surface area contributed by atoms with Gasteiger partial charge in [-0.25, -0.2) is 8.42 Å². The molecule has 0 atom stereocenters. The van der Waals surface area contributed by atoms with E-state index in [2.05, 4.69) is 10.3 Å². The average Bonchev–Trinajstić information content (AvgIpc) is 2.58. The van der Waals surface area contributed by atoms with Crippen molar-refractivity contribution in [3.63, 3.8) is 0 Å². The van der Waals surface area contributed by atoms with E-state index in [4.69, 9.17) is 0 Å². The molecule has 0 aliphatic heterocycles. The highest BCUT2D eigenvalue weighted by molar-refractivity contribution is 7.92. The SMILES string of the molecule is CC(=O)c1ccc(N(CCNC(=O)c2cccnc2)S(C)(=O)=O)cc1. The molecule has 1 aromatic carbocycles. The van der Waals surface area contributed by atoms with Crippen LogP contribution in [0.1, 0.15) is 27.6 Å². The second kappa shape index (κ2) is 7.89. The van der Waals surface area contributed by atoms with Crippen molar-refractivity contribution < 1.29 is 18.0 Å². The lowest BCUT2D eigenvalue weighted by Crippen LogP contribution is -2.38. The van der Waals surface area contributed by atoms with Gasteiger partial charge in [-0.05, 0) is 43.3 Å². The molecule has 0 radical (unpaired) electrons. The number of nitrogens with one attached hydrogen (secondary N) is 1. The molecule has 0 unspecified atom stereocenters. The minimum Gasteiger partial charge on any atom is -0.350 e. The van der Waals surface area contributed by atoms with Gasteiger partial charge in [0, 0.05) is 24.5 Å². The number of pyridine rings is 1. The first-order chi connectivity index (χ1) is 11.8. The molecule has 1 amide bonds. The fourth-order valence-electron chi connectivity index (χ4n) is 2.22. The van der Waals surface area contributed by atoms with E-state index >= 15 is 0 Å². The second-order valence-corrected chi connectivity index (χ2v) is 7.34. The van der Waals surface area contributed by atoms with Gasteiger partial charge in [0.15, 0.2) is 5.78 Å². The first kappa shape index (κ1) is 18.6. The summed E-state index contributed by atoms with van der Waals surface area (Å²) in [4.78, 5) is 27.2. The highest BCUT2D eigenvalue weighted by atomic mass is 32.2. The van der Waals surface area contributed by atoms with Gasteiger partial charge in [-0.3, -0.25) is 18.9 Å². The van der Waals surface area contributed by atoms with E-state index in [1.165, 1.54) is 17.4 Å². The second-order valence-electron chi connectivity index (χ2n) is 5.44. The molecule has 1 aromatic heterocycles. The van der Waals surface area contributed by atoms with Crippen molar-refractivity contribution in [1.82, 2.24) is 10.3 Å². The molecule has 8 heteroatoms. The van der Waals surface area contributed by atoms with E-state index in [0.29, 0.717) is 16.8 Å². The molecule has 132 valence electrons. The molecule has 0 bridgehead atoms. The zero-order valence-electron chi connectivity index (χ0n) is 14.0. The van der Waals surface area contributed by atoms with Crippen LogP contribution < -0.4 is 9.62 Å². The van der Waals surface area contributed by atoms with Crippen molar-refractivity contribution in [3.05, 3.63) is 59.9 Å². The number of carbonyl (C=O) groups is 2. The van der Waals surface area contributed by atoms with Gasteiger partial charge in [0.05, 0.1) is 24.1 Å². The highest BCUT2D eigenvalue weighted by Crippen LogP contribution is 2.18. The van der Waals surface area contributed by atoms with Crippen LogP contribution in [0.2, 0.25) is 0 Å². The van der Waals surface area contributed by atoms with Crippen LogP contribution in [0.15, 0.2) is 48.8 Å². The van der Waals surface area contributed by atoms with Gasteiger partial charge in [-0.1, -0.05) is 0 Å². The van der Waals surface area contributed by atoms with E-state index in [9.17, 15) is 18.0 Å². The largest absolute Gasteiger partial charge is 0.350 e. The predicted molar refractivity (Wildman–Crippen MR) is 95.2 cm³/mol. The Morgan fingerprint density at radius 3 is 2.32 bits per heavy atom. The van der Waals surface area contributed by atoms with Crippen molar-refractivity contribution >= 4 is 27.4 Å². The van der Waals surface area contributed by atoms with Crippen LogP contribution in [0.4, 0.5) is 5.69 Å². The number of hydrogen-bond acceptors (Lipinski definition) is 5. The molecular formula is C17H19N3O4S. The number of amides is 1. The summed E-state index contributed by atoms with van der Waals surface area (Å²) in [6, 6.07) is 9.56. The monoisotopic (exact) mass is 361 g/mol. The van der Waals surface area contributed by atoms with Gasteiger partial charge >= 0.3 is 0 Å². The van der Waals surface area contributed by atoms with Gasteiger partial charge < -0.3 is 5.32 Å². The Labute approximate surface area is 146 Å². The number of benzene rings is 1. The van der Waals surface area contributed by atoms with Crippen LogP contribution in [0.3, 0.4) is 0 Å². The van der Waals surface area contributed by atoms with Crippen LogP contribution in [0, 0.1) is 0 Å². The maximum Gasteiger partial charge on any atom is 0.252 e. The van der Waals surface area contributed by atoms with Crippen molar-refractivity contribution in [3.8, 4) is 0 Å². The third kappa shape index (κ3) is 5.12. The third-order valence-corrected chi connectivity index (χ3v) is 4.68. The Balaban J connectivity index is 2.06. The standard InChI is InChI=1S/C17H19N3O4S/c1-13(21)14-5-7-16(8-6-14)20(25(2,23)24)11-10-19-17(22)15-4-3-9-18-12-15/h3-9,12H,10-11H2,1-2H3,(H,19,22). The summed E-state index contributed by atoms with van der Waals surface area (Å²) in [5.41, 5.74) is 1.34. The summed E-state index contributed by atoms with van der Waals surface area (Å²) in [7, 11) is -3.53. The third-order valence-electron chi connectivity index (χ3n) is 3.49. The normalized spacial score (nSPS) is 11.0. The van der Waals surface area contributed by atoms with E-state index < -0.39 is 10.0 Å². The van der Waals surface area contributed by atoms with Crippen molar-refractivity contribution in [1.29, 1.82) is 0 Å². The molecule has 0 fully saturated rings. The predicted octanol–water partition coefficient (Wildman–Crippen LogP) is 1.48. The fourth-order valence-corrected chi connectivity index (χ4v) is 3.15. The van der Waals surface area contributed by atoms with Crippen molar-refractivity contribution in [2.24, 2.45) is 0 Å². The molecule has 25 heavy (non-hydrogen) atoms. The minimum absolute atomic E-state index is 0.0737. The van der Waals surface area contributed by atoms with Gasteiger partial charge in [-0.2, -0.15) is 0 Å². The molecule has 2 rings (SSSR count). The number of Topliss-reactive ketones (excluding diaryl/α,β-unsaturated/α-hetero) is 1. The number of ketones is 1. The van der Waals surface area contributed by atoms with Crippen LogP contribution in [-0.4, -0.2) is 44.4 Å². The fraction of sp³-hybridized carbons (Fsp3) is 0.235. The number of sulfonamides is 1. The Morgan fingerprint density at radius 1 is 1.12 bits per heavy atom. The number of hydrogen-bond donors (Lipinski definition) is 1. The lowest BCUT2D eigenvalue weighted by molar-refractivity contribution is 0.0953. The average molecular weight is 361 g/mol. The number of nitrogens with zero attached hydrogens (tertiary/aromatic N) is 2. The van der Waals surface area contributed by atoms with Crippen molar-refractivity contribution in [2.45, 2.75) is 6.92 Å². The summed E-state index contributed by atoms with van der Waals surface area (Å²) >= 11 is 0. The van der Waals surface area contributed by atoms with E-state index in [1.54, 1.807) is 42.6 Å². The van der Waals surface area contributed by atoms with E-state index in [0.717, 1.165) is 6.26 Å². The van der Waals surface area contributed by atoms with Crippen LogP contribution >= 0.6 is 0 Å². The lowest BCUT2D eigenvalue weighted by atomic mass is 10.1. The van der Waals surface area contributed by atoms with Gasteiger partial charge in [0.1, 0.15) is 0 Å². The lowest BCUT2D eigenvalue weighted by Gasteiger charge is -2.22. The topological polar surface area (TPSA) is 96.4 Å².